The molecule has 1 saturated heterocycles. The first-order valence-electron chi connectivity index (χ1n) is 10.2. The third-order valence-corrected chi connectivity index (χ3v) is 5.30. The number of carbonyl (C=O) groups is 1. The molecule has 1 amide bonds. The van der Waals surface area contributed by atoms with Gasteiger partial charge in [0.05, 0.1) is 48.8 Å². The van der Waals surface area contributed by atoms with E-state index in [-0.39, 0.29) is 5.91 Å². The SMILES string of the molecule is O=C(c1ccnc2ccccc12)N(Cc1ccnn1-c1ccccc1)CC1OCCO1. The number of pyridine rings is 1. The number of amides is 1. The fraction of sp³-hybridized carbons (Fsp3) is 0.208. The van der Waals surface area contributed by atoms with Gasteiger partial charge < -0.3 is 14.4 Å². The number of fused-ring (bicyclic) bond motifs is 1. The fourth-order valence-corrected chi connectivity index (χ4v) is 3.81. The summed E-state index contributed by atoms with van der Waals surface area (Å²) in [6.07, 6.45) is 2.98. The third-order valence-electron chi connectivity index (χ3n) is 5.30. The molecule has 0 unspecified atom stereocenters. The Morgan fingerprint density at radius 1 is 0.968 bits per heavy atom. The number of aromatic nitrogens is 3. The summed E-state index contributed by atoms with van der Waals surface area (Å²) in [7, 11) is 0. The molecule has 0 radical (unpaired) electrons. The number of nitrogens with zero attached hydrogens (tertiary/aromatic N) is 4. The molecule has 31 heavy (non-hydrogen) atoms. The lowest BCUT2D eigenvalue weighted by atomic mass is 10.1. The molecule has 0 aliphatic carbocycles. The van der Waals surface area contributed by atoms with Crippen molar-refractivity contribution < 1.29 is 14.3 Å². The number of benzene rings is 2. The summed E-state index contributed by atoms with van der Waals surface area (Å²) in [5.74, 6) is -0.0986. The van der Waals surface area contributed by atoms with Crippen LogP contribution in [0.15, 0.2) is 79.1 Å². The molecule has 1 aliphatic rings. The van der Waals surface area contributed by atoms with Gasteiger partial charge in [0.15, 0.2) is 6.29 Å². The Morgan fingerprint density at radius 3 is 2.58 bits per heavy atom. The van der Waals surface area contributed by atoms with E-state index in [1.807, 2.05) is 65.3 Å². The van der Waals surface area contributed by atoms with Gasteiger partial charge in [-0.2, -0.15) is 5.10 Å². The lowest BCUT2D eigenvalue weighted by Gasteiger charge is -2.26. The summed E-state index contributed by atoms with van der Waals surface area (Å²) in [4.78, 5) is 19.8. The van der Waals surface area contributed by atoms with Crippen molar-refractivity contribution in [1.82, 2.24) is 19.7 Å². The lowest BCUT2D eigenvalue weighted by molar-refractivity contribution is -0.0586. The molecule has 2 aromatic carbocycles. The Hall–Kier alpha value is -3.55. The monoisotopic (exact) mass is 414 g/mol. The number of rotatable bonds is 6. The Bertz CT molecular complexity index is 1180. The Balaban J connectivity index is 1.49. The van der Waals surface area contributed by atoms with Gasteiger partial charge in [-0.1, -0.05) is 36.4 Å². The molecule has 1 aliphatic heterocycles. The maximum Gasteiger partial charge on any atom is 0.255 e. The molecule has 3 heterocycles. The van der Waals surface area contributed by atoms with E-state index in [0.717, 1.165) is 22.3 Å². The van der Waals surface area contributed by atoms with Gasteiger partial charge in [-0.05, 0) is 30.3 Å². The molecule has 2 aromatic heterocycles. The summed E-state index contributed by atoms with van der Waals surface area (Å²) in [6, 6.07) is 21.2. The van der Waals surface area contributed by atoms with Crippen LogP contribution in [0.5, 0.6) is 0 Å². The van der Waals surface area contributed by atoms with Crippen LogP contribution in [0, 0.1) is 0 Å². The van der Waals surface area contributed by atoms with Crippen molar-refractivity contribution in [3.05, 3.63) is 90.4 Å². The van der Waals surface area contributed by atoms with Crippen molar-refractivity contribution in [2.45, 2.75) is 12.8 Å². The van der Waals surface area contributed by atoms with Crippen LogP contribution in [0.2, 0.25) is 0 Å². The second-order valence-corrected chi connectivity index (χ2v) is 7.30. The van der Waals surface area contributed by atoms with Gasteiger partial charge in [0.1, 0.15) is 0 Å². The first-order valence-corrected chi connectivity index (χ1v) is 10.2. The normalized spacial score (nSPS) is 14.2. The molecular formula is C24H22N4O3. The molecule has 0 spiro atoms. The number of carbonyl (C=O) groups excluding carboxylic acids is 1. The number of ether oxygens (including phenoxy) is 2. The van der Waals surface area contributed by atoms with Crippen LogP contribution < -0.4 is 0 Å². The van der Waals surface area contributed by atoms with Crippen LogP contribution in [0.1, 0.15) is 16.1 Å². The smallest absolute Gasteiger partial charge is 0.255 e. The van der Waals surface area contributed by atoms with E-state index in [0.29, 0.717) is 31.9 Å². The Kier molecular flexibility index (Phi) is 5.43. The predicted octanol–water partition coefficient (Wildman–Crippen LogP) is 3.44. The number of para-hydroxylation sites is 2. The first-order chi connectivity index (χ1) is 15.3. The van der Waals surface area contributed by atoms with Gasteiger partial charge in [-0.25, -0.2) is 4.68 Å². The van der Waals surface area contributed by atoms with E-state index in [4.69, 9.17) is 9.47 Å². The summed E-state index contributed by atoms with van der Waals surface area (Å²) >= 11 is 0. The maximum absolute atomic E-state index is 13.7. The summed E-state index contributed by atoms with van der Waals surface area (Å²) < 4.78 is 13.1. The van der Waals surface area contributed by atoms with Gasteiger partial charge >= 0.3 is 0 Å². The summed E-state index contributed by atoms with van der Waals surface area (Å²) in [5.41, 5.74) is 3.24. The van der Waals surface area contributed by atoms with E-state index in [1.54, 1.807) is 23.4 Å². The molecule has 7 nitrogen and oxygen atoms in total. The van der Waals surface area contributed by atoms with Crippen molar-refractivity contribution in [2.24, 2.45) is 0 Å². The highest BCUT2D eigenvalue weighted by Crippen LogP contribution is 2.21. The zero-order chi connectivity index (χ0) is 21.0. The molecule has 4 aromatic rings. The quantitative estimate of drug-likeness (QED) is 0.483. The molecule has 7 heteroatoms. The van der Waals surface area contributed by atoms with Gasteiger partial charge in [0, 0.05) is 17.8 Å². The number of hydrogen-bond acceptors (Lipinski definition) is 5. The second kappa shape index (κ2) is 8.67. The van der Waals surface area contributed by atoms with E-state index < -0.39 is 6.29 Å². The maximum atomic E-state index is 13.7. The van der Waals surface area contributed by atoms with Crippen LogP contribution in [0.25, 0.3) is 16.6 Å². The van der Waals surface area contributed by atoms with E-state index in [2.05, 4.69) is 10.1 Å². The largest absolute Gasteiger partial charge is 0.348 e. The second-order valence-electron chi connectivity index (χ2n) is 7.30. The first kappa shape index (κ1) is 19.4. The standard InChI is InChI=1S/C24H22N4O3/c29-24(21-11-12-25-22-9-5-4-8-20(21)22)27(17-23-30-14-15-31-23)16-19-10-13-26-28(19)18-6-2-1-3-7-18/h1-13,23H,14-17H2. The van der Waals surface area contributed by atoms with Crippen LogP contribution in [0.4, 0.5) is 0 Å². The van der Waals surface area contributed by atoms with Crippen molar-refractivity contribution in [3.8, 4) is 5.69 Å². The number of hydrogen-bond donors (Lipinski definition) is 0. The molecule has 1 fully saturated rings. The van der Waals surface area contributed by atoms with Crippen LogP contribution in [0.3, 0.4) is 0 Å². The summed E-state index contributed by atoms with van der Waals surface area (Å²) in [5, 5.41) is 5.28. The average Bonchev–Trinajstić information content (AvgIpc) is 3.50. The molecule has 5 rings (SSSR count). The molecule has 0 bridgehead atoms. The Labute approximate surface area is 179 Å². The predicted molar refractivity (Wildman–Crippen MR) is 116 cm³/mol. The highest BCUT2D eigenvalue weighted by atomic mass is 16.7. The van der Waals surface area contributed by atoms with E-state index in [1.165, 1.54) is 0 Å². The molecule has 0 atom stereocenters. The van der Waals surface area contributed by atoms with Crippen LogP contribution in [-0.4, -0.2) is 51.6 Å². The van der Waals surface area contributed by atoms with Gasteiger partial charge in [0.2, 0.25) is 0 Å². The minimum atomic E-state index is -0.440. The topological polar surface area (TPSA) is 69.5 Å². The minimum Gasteiger partial charge on any atom is -0.348 e. The molecule has 0 N–H and O–H groups in total. The van der Waals surface area contributed by atoms with E-state index in [9.17, 15) is 4.79 Å². The average molecular weight is 414 g/mol. The zero-order valence-electron chi connectivity index (χ0n) is 16.9. The minimum absolute atomic E-state index is 0.0986. The molecule has 0 saturated carbocycles. The van der Waals surface area contributed by atoms with Crippen LogP contribution >= 0.6 is 0 Å². The lowest BCUT2D eigenvalue weighted by Crippen LogP contribution is -2.38. The van der Waals surface area contributed by atoms with Crippen LogP contribution in [-0.2, 0) is 16.0 Å². The van der Waals surface area contributed by atoms with Crippen molar-refractivity contribution in [1.29, 1.82) is 0 Å². The van der Waals surface area contributed by atoms with Gasteiger partial charge in [-0.3, -0.25) is 9.78 Å². The van der Waals surface area contributed by atoms with E-state index >= 15 is 0 Å². The fourth-order valence-electron chi connectivity index (χ4n) is 3.81. The Morgan fingerprint density at radius 2 is 1.74 bits per heavy atom. The van der Waals surface area contributed by atoms with Crippen molar-refractivity contribution >= 4 is 16.8 Å². The van der Waals surface area contributed by atoms with Crippen molar-refractivity contribution in [3.63, 3.8) is 0 Å². The zero-order valence-corrected chi connectivity index (χ0v) is 16.9. The third kappa shape index (κ3) is 4.05. The molecule has 156 valence electrons. The van der Waals surface area contributed by atoms with Crippen molar-refractivity contribution in [2.75, 3.05) is 19.8 Å². The van der Waals surface area contributed by atoms with Gasteiger partial charge in [-0.15, -0.1) is 0 Å². The highest BCUT2D eigenvalue weighted by molar-refractivity contribution is 6.05. The highest BCUT2D eigenvalue weighted by Gasteiger charge is 2.26. The summed E-state index contributed by atoms with van der Waals surface area (Å²) in [6.45, 7) is 1.77. The molecular weight excluding hydrogens is 392 g/mol. The van der Waals surface area contributed by atoms with Gasteiger partial charge in [0.25, 0.3) is 5.91 Å².